The van der Waals surface area contributed by atoms with Gasteiger partial charge in [0.05, 0.1) is 17.1 Å². The molecule has 0 saturated heterocycles. The first-order chi connectivity index (χ1) is 8.15. The molecule has 1 N–H and O–H groups in total. The van der Waals surface area contributed by atoms with E-state index in [4.69, 9.17) is 0 Å². The summed E-state index contributed by atoms with van der Waals surface area (Å²) < 4.78 is 1.68. The largest absolute Gasteiger partial charge is 0.478 e. The summed E-state index contributed by atoms with van der Waals surface area (Å²) in [4.78, 5) is 11.2. The standard InChI is InChI=1S/C13H14N2O2/c1-3-11-12(13(16)17)9(2)15(14-11)10-7-5-4-6-8-10/h4-8H,3H2,1-2H3,(H,16,17). The molecule has 0 bridgehead atoms. The SMILES string of the molecule is CCc1nn(-c2ccccc2)c(C)c1C(=O)O. The number of carbonyl (C=O) groups is 1. The van der Waals surface area contributed by atoms with Crippen molar-refractivity contribution in [1.82, 2.24) is 9.78 Å². The Balaban J connectivity index is 2.61. The van der Waals surface area contributed by atoms with E-state index in [9.17, 15) is 9.90 Å². The minimum atomic E-state index is -0.915. The van der Waals surface area contributed by atoms with Gasteiger partial charge in [0.15, 0.2) is 0 Å². The average Bonchev–Trinajstić information content (AvgIpc) is 2.67. The lowest BCUT2D eigenvalue weighted by molar-refractivity contribution is 0.0695. The maximum absolute atomic E-state index is 11.2. The van der Waals surface area contributed by atoms with Crippen LogP contribution in [0.3, 0.4) is 0 Å². The molecule has 1 aromatic heterocycles. The van der Waals surface area contributed by atoms with Crippen molar-refractivity contribution in [1.29, 1.82) is 0 Å². The number of carboxylic acids is 1. The van der Waals surface area contributed by atoms with Crippen molar-refractivity contribution in [3.8, 4) is 5.69 Å². The van der Waals surface area contributed by atoms with E-state index in [1.54, 1.807) is 11.6 Å². The highest BCUT2D eigenvalue weighted by Crippen LogP contribution is 2.18. The van der Waals surface area contributed by atoms with E-state index in [0.29, 0.717) is 23.4 Å². The summed E-state index contributed by atoms with van der Waals surface area (Å²) in [7, 11) is 0. The number of para-hydroxylation sites is 1. The van der Waals surface area contributed by atoms with Crippen molar-refractivity contribution in [3.63, 3.8) is 0 Å². The van der Waals surface area contributed by atoms with E-state index in [1.807, 2.05) is 37.3 Å². The van der Waals surface area contributed by atoms with Gasteiger partial charge in [0, 0.05) is 0 Å². The Kier molecular flexibility index (Phi) is 2.95. The van der Waals surface area contributed by atoms with E-state index in [0.717, 1.165) is 5.69 Å². The minimum absolute atomic E-state index is 0.316. The molecule has 2 aromatic rings. The zero-order chi connectivity index (χ0) is 12.4. The van der Waals surface area contributed by atoms with E-state index in [2.05, 4.69) is 5.10 Å². The monoisotopic (exact) mass is 230 g/mol. The molecule has 2 rings (SSSR count). The first-order valence-electron chi connectivity index (χ1n) is 5.52. The Morgan fingerprint density at radius 1 is 1.35 bits per heavy atom. The topological polar surface area (TPSA) is 55.1 Å². The van der Waals surface area contributed by atoms with Crippen LogP contribution in [0.4, 0.5) is 0 Å². The summed E-state index contributed by atoms with van der Waals surface area (Å²) in [5.41, 5.74) is 2.49. The smallest absolute Gasteiger partial charge is 0.339 e. The van der Waals surface area contributed by atoms with Crippen molar-refractivity contribution >= 4 is 5.97 Å². The number of aromatic carboxylic acids is 1. The summed E-state index contributed by atoms with van der Waals surface area (Å²) in [5, 5.41) is 13.5. The van der Waals surface area contributed by atoms with Crippen LogP contribution in [-0.2, 0) is 6.42 Å². The summed E-state index contributed by atoms with van der Waals surface area (Å²) in [6.07, 6.45) is 0.613. The molecule has 0 amide bonds. The third-order valence-electron chi connectivity index (χ3n) is 2.74. The second-order valence-corrected chi connectivity index (χ2v) is 3.81. The lowest BCUT2D eigenvalue weighted by Gasteiger charge is -2.03. The van der Waals surface area contributed by atoms with Gasteiger partial charge in [0.25, 0.3) is 0 Å². The number of hydrogen-bond acceptors (Lipinski definition) is 2. The molecule has 0 unspecified atom stereocenters. The number of aromatic nitrogens is 2. The molecule has 0 aliphatic carbocycles. The zero-order valence-electron chi connectivity index (χ0n) is 9.84. The number of carboxylic acid groups (broad SMARTS) is 1. The number of benzene rings is 1. The normalized spacial score (nSPS) is 10.5. The van der Waals surface area contributed by atoms with E-state index >= 15 is 0 Å². The highest BCUT2D eigenvalue weighted by molar-refractivity contribution is 5.90. The second-order valence-electron chi connectivity index (χ2n) is 3.81. The van der Waals surface area contributed by atoms with Gasteiger partial charge in [0.2, 0.25) is 0 Å². The Morgan fingerprint density at radius 3 is 2.47 bits per heavy atom. The molecule has 88 valence electrons. The second kappa shape index (κ2) is 4.41. The van der Waals surface area contributed by atoms with Gasteiger partial charge in [-0.15, -0.1) is 0 Å². The molecule has 1 heterocycles. The minimum Gasteiger partial charge on any atom is -0.478 e. The van der Waals surface area contributed by atoms with Gasteiger partial charge in [-0.1, -0.05) is 25.1 Å². The van der Waals surface area contributed by atoms with Gasteiger partial charge in [-0.25, -0.2) is 9.48 Å². The molecule has 4 heteroatoms. The third kappa shape index (κ3) is 1.93. The Hall–Kier alpha value is -2.10. The molecule has 17 heavy (non-hydrogen) atoms. The molecular weight excluding hydrogens is 216 g/mol. The highest BCUT2D eigenvalue weighted by Gasteiger charge is 2.19. The van der Waals surface area contributed by atoms with Gasteiger partial charge in [0.1, 0.15) is 5.56 Å². The molecule has 0 aliphatic heterocycles. The summed E-state index contributed by atoms with van der Waals surface area (Å²) in [6, 6.07) is 9.54. The molecule has 4 nitrogen and oxygen atoms in total. The summed E-state index contributed by atoms with van der Waals surface area (Å²) in [5.74, 6) is -0.915. The first-order valence-corrected chi connectivity index (χ1v) is 5.52. The van der Waals surface area contributed by atoms with Crippen LogP contribution < -0.4 is 0 Å². The van der Waals surface area contributed by atoms with Crippen molar-refractivity contribution in [2.24, 2.45) is 0 Å². The van der Waals surface area contributed by atoms with Gasteiger partial charge in [-0.3, -0.25) is 0 Å². The molecule has 0 aliphatic rings. The summed E-state index contributed by atoms with van der Waals surface area (Å²) in [6.45, 7) is 3.69. The fraction of sp³-hybridized carbons (Fsp3) is 0.231. The van der Waals surface area contributed by atoms with Crippen LogP contribution in [0.1, 0.15) is 28.7 Å². The van der Waals surface area contributed by atoms with Gasteiger partial charge in [-0.2, -0.15) is 5.10 Å². The fourth-order valence-electron chi connectivity index (χ4n) is 1.91. The maximum Gasteiger partial charge on any atom is 0.339 e. The Bertz CT molecular complexity index is 544. The van der Waals surface area contributed by atoms with Gasteiger partial charge >= 0.3 is 5.97 Å². The first kappa shape index (κ1) is 11.4. The number of rotatable bonds is 3. The number of aryl methyl sites for hydroxylation is 1. The van der Waals surface area contributed by atoms with Crippen molar-refractivity contribution in [2.45, 2.75) is 20.3 Å². The third-order valence-corrected chi connectivity index (χ3v) is 2.74. The molecule has 0 spiro atoms. The van der Waals surface area contributed by atoms with E-state index in [1.165, 1.54) is 0 Å². The van der Waals surface area contributed by atoms with Crippen LogP contribution in [0.25, 0.3) is 5.69 Å². The van der Waals surface area contributed by atoms with Crippen LogP contribution in [0.15, 0.2) is 30.3 Å². The number of nitrogens with zero attached hydrogens (tertiary/aromatic N) is 2. The van der Waals surface area contributed by atoms with Crippen molar-refractivity contribution < 1.29 is 9.90 Å². The Morgan fingerprint density at radius 2 is 2.00 bits per heavy atom. The Labute approximate surface area is 99.5 Å². The van der Waals surface area contributed by atoms with Gasteiger partial charge < -0.3 is 5.11 Å². The lowest BCUT2D eigenvalue weighted by Crippen LogP contribution is -2.02. The van der Waals surface area contributed by atoms with Crippen LogP contribution >= 0.6 is 0 Å². The van der Waals surface area contributed by atoms with Gasteiger partial charge in [-0.05, 0) is 25.5 Å². The summed E-state index contributed by atoms with van der Waals surface area (Å²) >= 11 is 0. The quantitative estimate of drug-likeness (QED) is 0.881. The zero-order valence-corrected chi connectivity index (χ0v) is 9.84. The van der Waals surface area contributed by atoms with Crippen molar-refractivity contribution in [3.05, 3.63) is 47.3 Å². The predicted molar refractivity (Wildman–Crippen MR) is 64.6 cm³/mol. The van der Waals surface area contributed by atoms with Crippen LogP contribution in [0, 0.1) is 6.92 Å². The van der Waals surface area contributed by atoms with Crippen LogP contribution in [0.5, 0.6) is 0 Å². The van der Waals surface area contributed by atoms with E-state index < -0.39 is 5.97 Å². The lowest BCUT2D eigenvalue weighted by atomic mass is 10.1. The van der Waals surface area contributed by atoms with Crippen LogP contribution in [0.2, 0.25) is 0 Å². The molecule has 1 aromatic carbocycles. The van der Waals surface area contributed by atoms with Crippen LogP contribution in [-0.4, -0.2) is 20.9 Å². The molecule has 0 fully saturated rings. The maximum atomic E-state index is 11.2. The number of hydrogen-bond donors (Lipinski definition) is 1. The predicted octanol–water partition coefficient (Wildman–Crippen LogP) is 2.44. The molecule has 0 saturated carbocycles. The highest BCUT2D eigenvalue weighted by atomic mass is 16.4. The molecular formula is C13H14N2O2. The molecule has 0 radical (unpaired) electrons. The fourth-order valence-corrected chi connectivity index (χ4v) is 1.91. The molecule has 0 atom stereocenters. The average molecular weight is 230 g/mol. The van der Waals surface area contributed by atoms with Crippen molar-refractivity contribution in [2.75, 3.05) is 0 Å². The van der Waals surface area contributed by atoms with E-state index in [-0.39, 0.29) is 0 Å².